The summed E-state index contributed by atoms with van der Waals surface area (Å²) >= 11 is 0. The van der Waals surface area contributed by atoms with Crippen molar-refractivity contribution in [2.24, 2.45) is 0 Å². The smallest absolute Gasteiger partial charge is 0.319 e. The van der Waals surface area contributed by atoms with Gasteiger partial charge in [0.2, 0.25) is 11.2 Å². The molecule has 0 bridgehead atoms. The summed E-state index contributed by atoms with van der Waals surface area (Å²) in [6.45, 7) is 0. The van der Waals surface area contributed by atoms with E-state index in [4.69, 9.17) is 18.9 Å². The number of hydrogen-bond acceptors (Lipinski definition) is 6. The van der Waals surface area contributed by atoms with Crippen LogP contribution in [0.2, 0.25) is 0 Å². The molecule has 2 N–H and O–H groups in total. The van der Waals surface area contributed by atoms with Gasteiger partial charge in [0, 0.05) is 5.56 Å². The summed E-state index contributed by atoms with van der Waals surface area (Å²) in [4.78, 5) is 25.8. The summed E-state index contributed by atoms with van der Waals surface area (Å²) in [7, 11) is 6.01. The fourth-order valence-electron chi connectivity index (χ4n) is 4.50. The standard InChI is InChI=1S/C27H27FN2O6/c1-33-22-12-10-16-17(14-21(22)31)19(29-27(32)30-20-8-6-5-7-18(20)28)11-9-15-13-23(34-2)25(35-3)26(36-4)24(15)16/h5-8,10,12-14,19H,9,11H2,1-4H3,(H2,29,30,32)/t19-/m0/s1. The quantitative estimate of drug-likeness (QED) is 0.516. The average Bonchev–Trinajstić information content (AvgIpc) is 3.12. The molecule has 2 amide bonds. The lowest BCUT2D eigenvalue weighted by molar-refractivity contribution is 0.248. The number of carbonyl (C=O) groups is 1. The van der Waals surface area contributed by atoms with Crippen molar-refractivity contribution < 1.29 is 28.1 Å². The van der Waals surface area contributed by atoms with E-state index in [1.807, 2.05) is 6.07 Å². The van der Waals surface area contributed by atoms with E-state index >= 15 is 0 Å². The minimum atomic E-state index is -0.602. The van der Waals surface area contributed by atoms with E-state index in [0.717, 1.165) is 11.1 Å². The number of nitrogens with one attached hydrogen (secondary N) is 2. The molecule has 0 spiro atoms. The van der Waals surface area contributed by atoms with Crippen LogP contribution < -0.4 is 35.0 Å². The monoisotopic (exact) mass is 494 g/mol. The Hall–Kier alpha value is -4.27. The first-order valence-electron chi connectivity index (χ1n) is 11.3. The minimum Gasteiger partial charge on any atom is -0.493 e. The summed E-state index contributed by atoms with van der Waals surface area (Å²) in [6, 6.07) is 11.4. The molecule has 0 aromatic heterocycles. The molecule has 1 atom stereocenters. The van der Waals surface area contributed by atoms with Gasteiger partial charge in [-0.3, -0.25) is 4.79 Å². The highest BCUT2D eigenvalue weighted by molar-refractivity contribution is 5.90. The molecule has 0 saturated carbocycles. The van der Waals surface area contributed by atoms with Crippen molar-refractivity contribution in [3.05, 3.63) is 75.7 Å². The number of aryl methyl sites for hydroxylation is 1. The maximum absolute atomic E-state index is 14.1. The fourth-order valence-corrected chi connectivity index (χ4v) is 4.50. The lowest BCUT2D eigenvalue weighted by Gasteiger charge is -2.20. The Morgan fingerprint density at radius 2 is 1.64 bits per heavy atom. The van der Waals surface area contributed by atoms with Crippen LogP contribution in [0.25, 0.3) is 11.1 Å². The van der Waals surface area contributed by atoms with Crippen LogP contribution in [-0.2, 0) is 6.42 Å². The third-order valence-electron chi connectivity index (χ3n) is 6.15. The number of fused-ring (bicyclic) bond motifs is 3. The van der Waals surface area contributed by atoms with Crippen molar-refractivity contribution in [1.29, 1.82) is 0 Å². The molecule has 1 aliphatic carbocycles. The molecule has 9 heteroatoms. The molecule has 1 aliphatic rings. The number of amides is 2. The van der Waals surface area contributed by atoms with Crippen LogP contribution >= 0.6 is 0 Å². The van der Waals surface area contributed by atoms with Crippen LogP contribution in [0.5, 0.6) is 23.0 Å². The Morgan fingerprint density at radius 1 is 0.917 bits per heavy atom. The zero-order valence-electron chi connectivity index (χ0n) is 20.4. The van der Waals surface area contributed by atoms with Gasteiger partial charge in [-0.15, -0.1) is 0 Å². The number of halogens is 1. The van der Waals surface area contributed by atoms with E-state index in [-0.39, 0.29) is 16.9 Å². The van der Waals surface area contributed by atoms with Gasteiger partial charge in [-0.05, 0) is 59.9 Å². The number of anilines is 1. The van der Waals surface area contributed by atoms with Crippen molar-refractivity contribution in [1.82, 2.24) is 5.32 Å². The first-order chi connectivity index (χ1) is 17.4. The number of hydrogen-bond donors (Lipinski definition) is 2. The highest BCUT2D eigenvalue weighted by Gasteiger charge is 2.30. The van der Waals surface area contributed by atoms with Gasteiger partial charge < -0.3 is 29.6 Å². The van der Waals surface area contributed by atoms with Crippen LogP contribution in [0, 0.1) is 5.82 Å². The lowest BCUT2D eigenvalue weighted by atomic mass is 9.95. The zero-order chi connectivity index (χ0) is 25.8. The van der Waals surface area contributed by atoms with Crippen LogP contribution in [-0.4, -0.2) is 34.5 Å². The molecular weight excluding hydrogens is 467 g/mol. The normalized spacial score (nSPS) is 14.0. The molecule has 3 aromatic rings. The molecule has 0 heterocycles. The molecule has 188 valence electrons. The average molecular weight is 495 g/mol. The van der Waals surface area contributed by atoms with Crippen LogP contribution in [0.3, 0.4) is 0 Å². The number of urea groups is 1. The van der Waals surface area contributed by atoms with Gasteiger partial charge in [0.1, 0.15) is 5.82 Å². The first kappa shape index (κ1) is 24.8. The topological polar surface area (TPSA) is 95.1 Å². The SMILES string of the molecule is COc1cc2c(c(OC)c1OC)-c1ccc(OC)c(=O)cc1[C@@H](NC(=O)Nc1ccccc1F)CC2. The van der Waals surface area contributed by atoms with Gasteiger partial charge >= 0.3 is 6.03 Å². The largest absolute Gasteiger partial charge is 0.493 e. The summed E-state index contributed by atoms with van der Waals surface area (Å²) in [6.07, 6.45) is 0.982. The number of rotatable bonds is 6. The van der Waals surface area contributed by atoms with Gasteiger partial charge in [-0.2, -0.15) is 0 Å². The number of carbonyl (C=O) groups excluding carboxylic acids is 1. The van der Waals surface area contributed by atoms with E-state index in [0.29, 0.717) is 41.2 Å². The molecule has 3 aromatic carbocycles. The summed E-state index contributed by atoms with van der Waals surface area (Å²) in [5.74, 6) is 0.957. The molecule has 4 rings (SSSR count). The van der Waals surface area contributed by atoms with Crippen LogP contribution in [0.4, 0.5) is 14.9 Å². The minimum absolute atomic E-state index is 0.0491. The maximum atomic E-state index is 14.1. The number of para-hydroxylation sites is 1. The van der Waals surface area contributed by atoms with Gasteiger partial charge in [0.25, 0.3) is 0 Å². The van der Waals surface area contributed by atoms with Gasteiger partial charge in [0.05, 0.1) is 40.2 Å². The Kier molecular flexibility index (Phi) is 7.28. The predicted molar refractivity (Wildman–Crippen MR) is 134 cm³/mol. The summed E-state index contributed by atoms with van der Waals surface area (Å²) in [5, 5.41) is 5.44. The third kappa shape index (κ3) is 4.64. The Morgan fingerprint density at radius 3 is 2.31 bits per heavy atom. The highest BCUT2D eigenvalue weighted by Crippen LogP contribution is 2.50. The van der Waals surface area contributed by atoms with Crippen molar-refractivity contribution >= 4 is 11.7 Å². The first-order valence-corrected chi connectivity index (χ1v) is 11.3. The van der Waals surface area contributed by atoms with Crippen molar-refractivity contribution in [3.8, 4) is 34.1 Å². The molecule has 0 aliphatic heterocycles. The maximum Gasteiger partial charge on any atom is 0.319 e. The molecular formula is C27H27FN2O6. The van der Waals surface area contributed by atoms with E-state index in [2.05, 4.69) is 10.6 Å². The van der Waals surface area contributed by atoms with Gasteiger partial charge in [0.15, 0.2) is 17.2 Å². The number of benzene rings is 2. The number of ether oxygens (including phenoxy) is 4. The predicted octanol–water partition coefficient (Wildman–Crippen LogP) is 4.70. The second-order valence-corrected chi connectivity index (χ2v) is 8.13. The third-order valence-corrected chi connectivity index (χ3v) is 6.15. The van der Waals surface area contributed by atoms with Gasteiger partial charge in [-0.25, -0.2) is 9.18 Å². The second-order valence-electron chi connectivity index (χ2n) is 8.13. The molecule has 36 heavy (non-hydrogen) atoms. The Labute approximate surface area is 208 Å². The molecule has 0 radical (unpaired) electrons. The molecule has 8 nitrogen and oxygen atoms in total. The molecule has 0 unspecified atom stereocenters. The van der Waals surface area contributed by atoms with Crippen molar-refractivity contribution in [3.63, 3.8) is 0 Å². The number of methoxy groups -OCH3 is 4. The van der Waals surface area contributed by atoms with E-state index in [1.165, 1.54) is 45.6 Å². The van der Waals surface area contributed by atoms with E-state index in [1.54, 1.807) is 25.3 Å². The van der Waals surface area contributed by atoms with Crippen molar-refractivity contribution in [2.75, 3.05) is 33.8 Å². The molecule has 0 saturated heterocycles. The lowest BCUT2D eigenvalue weighted by Crippen LogP contribution is -2.33. The molecule has 0 fully saturated rings. The van der Waals surface area contributed by atoms with Gasteiger partial charge in [-0.1, -0.05) is 18.2 Å². The highest BCUT2D eigenvalue weighted by atomic mass is 19.1. The zero-order valence-corrected chi connectivity index (χ0v) is 20.4. The summed E-state index contributed by atoms with van der Waals surface area (Å²) < 4.78 is 36.2. The fraction of sp³-hybridized carbons (Fsp3) is 0.259. The summed E-state index contributed by atoms with van der Waals surface area (Å²) in [5.41, 5.74) is 2.55. The van der Waals surface area contributed by atoms with E-state index in [9.17, 15) is 14.0 Å². The van der Waals surface area contributed by atoms with Crippen LogP contribution in [0.15, 0.2) is 53.3 Å². The van der Waals surface area contributed by atoms with E-state index < -0.39 is 17.9 Å². The van der Waals surface area contributed by atoms with Crippen molar-refractivity contribution in [2.45, 2.75) is 18.9 Å². The Bertz CT molecular complexity index is 1360. The Balaban J connectivity index is 1.86. The second kappa shape index (κ2) is 10.6. The van der Waals surface area contributed by atoms with Crippen LogP contribution in [0.1, 0.15) is 23.6 Å².